The molecule has 0 bridgehead atoms. The fraction of sp³-hybridized carbons (Fsp3) is 0.292. The molecule has 1 saturated heterocycles. The lowest BCUT2D eigenvalue weighted by atomic mass is 10.1. The number of anilines is 1. The minimum Gasteiger partial charge on any atom is -0.434 e. The van der Waals surface area contributed by atoms with E-state index in [0.29, 0.717) is 12.2 Å². The molecule has 4 aromatic rings. The maximum absolute atomic E-state index is 13.2. The van der Waals surface area contributed by atoms with Gasteiger partial charge in [0.05, 0.1) is 31.2 Å². The fourth-order valence-electron chi connectivity index (χ4n) is 4.15. The molecule has 1 fully saturated rings. The van der Waals surface area contributed by atoms with E-state index in [4.69, 9.17) is 16.3 Å². The van der Waals surface area contributed by atoms with Gasteiger partial charge in [0.1, 0.15) is 23.6 Å². The van der Waals surface area contributed by atoms with Crippen molar-refractivity contribution in [3.05, 3.63) is 59.6 Å². The molecule has 1 aliphatic rings. The molecule has 1 aromatic carbocycles. The van der Waals surface area contributed by atoms with Crippen molar-refractivity contribution < 1.29 is 33.0 Å². The number of hydrogen-bond acceptors (Lipinski definition) is 8. The van der Waals surface area contributed by atoms with Crippen molar-refractivity contribution >= 4 is 34.7 Å². The Morgan fingerprint density at radius 3 is 2.97 bits per heavy atom. The van der Waals surface area contributed by atoms with E-state index in [-0.39, 0.29) is 65.5 Å². The highest BCUT2D eigenvalue weighted by Gasteiger charge is 2.26. The Morgan fingerprint density at radius 1 is 1.33 bits per heavy atom. The summed E-state index contributed by atoms with van der Waals surface area (Å²) in [5.41, 5.74) is 0.695. The maximum atomic E-state index is 13.2. The van der Waals surface area contributed by atoms with Crippen LogP contribution in [0.25, 0.3) is 16.9 Å². The number of amides is 2. The van der Waals surface area contributed by atoms with Crippen molar-refractivity contribution in [2.45, 2.75) is 19.3 Å². The molecule has 1 unspecified atom stereocenters. The number of nitrogens with one attached hydrogen (secondary N) is 1. The Hall–Kier alpha value is -4.14. The van der Waals surface area contributed by atoms with E-state index >= 15 is 0 Å². The van der Waals surface area contributed by atoms with Gasteiger partial charge in [-0.05, 0) is 24.3 Å². The first-order valence-corrected chi connectivity index (χ1v) is 12.1. The Bertz CT molecular complexity index is 1510. The molecule has 0 radical (unpaired) electrons. The first kappa shape index (κ1) is 26.5. The minimum atomic E-state index is -3.13. The molecular formula is C24H22ClF2N7O5. The minimum absolute atomic E-state index is 0.0499. The molecule has 2 N–H and O–H groups in total. The first-order chi connectivity index (χ1) is 18.8. The Kier molecular flexibility index (Phi) is 7.67. The van der Waals surface area contributed by atoms with Gasteiger partial charge in [0.15, 0.2) is 5.65 Å². The summed E-state index contributed by atoms with van der Waals surface area (Å²) in [6, 6.07) is 5.66. The summed E-state index contributed by atoms with van der Waals surface area (Å²) < 4.78 is 39.1. The number of aliphatic hydroxyl groups is 1. The van der Waals surface area contributed by atoms with Gasteiger partial charge in [-0.25, -0.2) is 9.50 Å². The largest absolute Gasteiger partial charge is 0.434 e. The van der Waals surface area contributed by atoms with E-state index in [1.807, 2.05) is 0 Å². The zero-order valence-corrected chi connectivity index (χ0v) is 21.0. The second-order valence-corrected chi connectivity index (χ2v) is 8.96. The number of morpholine rings is 1. The predicted molar refractivity (Wildman–Crippen MR) is 134 cm³/mol. The summed E-state index contributed by atoms with van der Waals surface area (Å²) in [5.74, 6) is -1.13. The summed E-state index contributed by atoms with van der Waals surface area (Å²) in [6.07, 6.45) is 5.38. The molecule has 5 rings (SSSR count). The Labute approximate surface area is 224 Å². The number of aromatic nitrogens is 5. The van der Waals surface area contributed by atoms with Gasteiger partial charge in [-0.15, -0.1) is 0 Å². The number of ether oxygens (including phenoxy) is 2. The number of benzene rings is 1. The molecule has 4 heterocycles. The predicted octanol–water partition coefficient (Wildman–Crippen LogP) is 2.32. The number of nitrogens with zero attached hydrogens (tertiary/aromatic N) is 6. The summed E-state index contributed by atoms with van der Waals surface area (Å²) in [5, 5.41) is 20.8. The van der Waals surface area contributed by atoms with E-state index in [2.05, 4.69) is 25.2 Å². The Morgan fingerprint density at radius 2 is 2.18 bits per heavy atom. The van der Waals surface area contributed by atoms with Crippen LogP contribution in [0.15, 0.2) is 49.1 Å². The molecule has 0 saturated carbocycles. The van der Waals surface area contributed by atoms with Crippen molar-refractivity contribution in [1.82, 2.24) is 29.3 Å². The highest BCUT2D eigenvalue weighted by Crippen LogP contribution is 2.37. The number of hydrogen-bond donors (Lipinski definition) is 2. The van der Waals surface area contributed by atoms with Crippen LogP contribution in [0.3, 0.4) is 0 Å². The monoisotopic (exact) mass is 561 g/mol. The van der Waals surface area contributed by atoms with Gasteiger partial charge in [0, 0.05) is 42.3 Å². The molecule has 0 aliphatic carbocycles. The smallest absolute Gasteiger partial charge is 0.387 e. The molecule has 0 spiro atoms. The zero-order valence-electron chi connectivity index (χ0n) is 20.2. The molecule has 3 aromatic heterocycles. The molecule has 1 atom stereocenters. The molecule has 39 heavy (non-hydrogen) atoms. The molecule has 15 heteroatoms. The lowest BCUT2D eigenvalue weighted by molar-refractivity contribution is -0.141. The van der Waals surface area contributed by atoms with E-state index in [1.165, 1.54) is 50.9 Å². The van der Waals surface area contributed by atoms with Gasteiger partial charge in [-0.2, -0.15) is 19.0 Å². The number of fused-ring (bicyclic) bond motifs is 1. The molecule has 204 valence electrons. The van der Waals surface area contributed by atoms with E-state index in [9.17, 15) is 23.5 Å². The highest BCUT2D eigenvalue weighted by molar-refractivity contribution is 6.31. The van der Waals surface area contributed by atoms with Crippen molar-refractivity contribution in [2.24, 2.45) is 0 Å². The van der Waals surface area contributed by atoms with Crippen molar-refractivity contribution in [3.8, 4) is 17.0 Å². The van der Waals surface area contributed by atoms with Crippen molar-refractivity contribution in [1.29, 1.82) is 0 Å². The van der Waals surface area contributed by atoms with E-state index < -0.39 is 18.6 Å². The third-order valence-electron chi connectivity index (χ3n) is 5.94. The number of carbonyl (C=O) groups is 2. The number of alkyl halides is 2. The van der Waals surface area contributed by atoms with Crippen LogP contribution in [0, 0.1) is 0 Å². The number of aliphatic hydroxyl groups excluding tert-OH is 1. The van der Waals surface area contributed by atoms with Crippen LogP contribution in [0.5, 0.6) is 5.75 Å². The number of halogens is 3. The average molecular weight is 562 g/mol. The number of carbonyl (C=O) groups excluding carboxylic acids is 2. The van der Waals surface area contributed by atoms with Gasteiger partial charge in [0.2, 0.25) is 5.91 Å². The van der Waals surface area contributed by atoms with Crippen LogP contribution in [-0.4, -0.2) is 85.2 Å². The van der Waals surface area contributed by atoms with Gasteiger partial charge in [0.25, 0.3) is 5.91 Å². The number of rotatable bonds is 8. The third kappa shape index (κ3) is 5.82. The summed E-state index contributed by atoms with van der Waals surface area (Å²) in [6.45, 7) is -2.79. The normalized spacial score (nSPS) is 15.6. The van der Waals surface area contributed by atoms with Crippen molar-refractivity contribution in [2.75, 3.05) is 31.6 Å². The second-order valence-electron chi connectivity index (χ2n) is 8.52. The highest BCUT2D eigenvalue weighted by atomic mass is 35.5. The summed E-state index contributed by atoms with van der Waals surface area (Å²) >= 11 is 6.15. The van der Waals surface area contributed by atoms with Crippen LogP contribution >= 0.6 is 11.6 Å². The molecular weight excluding hydrogens is 540 g/mol. The Balaban J connectivity index is 1.50. The molecule has 12 nitrogen and oxygen atoms in total. The van der Waals surface area contributed by atoms with Gasteiger partial charge in [-0.3, -0.25) is 14.3 Å². The van der Waals surface area contributed by atoms with Crippen LogP contribution in [-0.2, 0) is 16.1 Å². The van der Waals surface area contributed by atoms with Crippen LogP contribution in [0.4, 0.5) is 14.5 Å². The van der Waals surface area contributed by atoms with Gasteiger partial charge >= 0.3 is 6.61 Å². The summed E-state index contributed by atoms with van der Waals surface area (Å²) in [4.78, 5) is 31.9. The van der Waals surface area contributed by atoms with Crippen LogP contribution < -0.4 is 10.1 Å². The third-order valence-corrected chi connectivity index (χ3v) is 6.17. The second kappa shape index (κ2) is 11.3. The van der Waals surface area contributed by atoms with Crippen molar-refractivity contribution in [3.63, 3.8) is 0 Å². The van der Waals surface area contributed by atoms with Crippen LogP contribution in [0.1, 0.15) is 10.4 Å². The first-order valence-electron chi connectivity index (χ1n) is 11.7. The van der Waals surface area contributed by atoms with Gasteiger partial charge < -0.3 is 24.8 Å². The maximum Gasteiger partial charge on any atom is 0.387 e. The average Bonchev–Trinajstić information content (AvgIpc) is 3.53. The fourth-order valence-corrected chi connectivity index (χ4v) is 4.32. The SMILES string of the molecule is O=C(Nc1cn(CC(=O)N2CCOC(CO)C2)nc1-c1cc(Cl)ccc1OC(F)F)c1cnn2cccnc12. The van der Waals surface area contributed by atoms with Crippen LogP contribution in [0.2, 0.25) is 5.02 Å². The van der Waals surface area contributed by atoms with E-state index in [1.54, 1.807) is 12.3 Å². The zero-order chi connectivity index (χ0) is 27.5. The summed E-state index contributed by atoms with van der Waals surface area (Å²) in [7, 11) is 0. The quantitative estimate of drug-likeness (QED) is 0.334. The van der Waals surface area contributed by atoms with E-state index in [0.717, 1.165) is 0 Å². The standard InChI is InChI=1S/C24H22ClF2N7O5/c25-14-2-3-19(39-24(26)27)16(8-14)21-18(30-23(37)17-9-29-34-5-1-4-28-22(17)34)11-33(31-21)12-20(36)32-6-7-38-15(10-32)13-35/h1-5,8-9,11,15,24,35H,6-7,10,12-13H2,(H,30,37). The lowest BCUT2D eigenvalue weighted by Gasteiger charge is -2.32. The topological polar surface area (TPSA) is 136 Å². The molecule has 2 amide bonds. The van der Waals surface area contributed by atoms with Gasteiger partial charge in [-0.1, -0.05) is 11.6 Å². The lowest BCUT2D eigenvalue weighted by Crippen LogP contribution is -2.47. The molecule has 1 aliphatic heterocycles.